The van der Waals surface area contributed by atoms with Gasteiger partial charge in [-0.05, 0) is 6.92 Å². The fourth-order valence-electron chi connectivity index (χ4n) is 0.704. The molecule has 0 saturated heterocycles. The zero-order valence-electron chi connectivity index (χ0n) is 7.34. The standard InChI is InChI=1S/C6H10O7S.2K.2H/c1-2-13-6(9)4(3-5(7)8)14(10,11)12;;;;/h4H,2-3H2,1H3,(H,7,8)(H,10,11,12);;;;. The molecule has 1 unspecified atom stereocenters. The summed E-state index contributed by atoms with van der Waals surface area (Å²) in [5, 5.41) is 6.23. The van der Waals surface area contributed by atoms with Crippen molar-refractivity contribution in [2.24, 2.45) is 0 Å². The molecule has 86 valence electrons. The second-order valence-electron chi connectivity index (χ2n) is 2.35. The van der Waals surface area contributed by atoms with Crippen LogP contribution in [0.2, 0.25) is 0 Å². The number of carbonyl (C=O) groups excluding carboxylic acids is 1. The number of carboxylic acid groups (broad SMARTS) is 1. The van der Waals surface area contributed by atoms with Gasteiger partial charge in [0.1, 0.15) is 0 Å². The van der Waals surface area contributed by atoms with Gasteiger partial charge in [-0.25, -0.2) is 0 Å². The second-order valence-corrected chi connectivity index (χ2v) is 3.95. The van der Waals surface area contributed by atoms with Crippen LogP contribution in [0, 0.1) is 0 Å². The molecule has 0 aromatic heterocycles. The van der Waals surface area contributed by atoms with Gasteiger partial charge in [-0.2, -0.15) is 8.42 Å². The third-order valence-corrected chi connectivity index (χ3v) is 2.35. The van der Waals surface area contributed by atoms with Crippen LogP contribution in [0.15, 0.2) is 0 Å². The molecule has 0 aliphatic carbocycles. The van der Waals surface area contributed by atoms with Crippen LogP contribution in [0.1, 0.15) is 13.3 Å². The van der Waals surface area contributed by atoms with Crippen molar-refractivity contribution >= 4 is 125 Å². The normalized spacial score (nSPS) is 11.6. The number of ether oxygens (including phenoxy) is 1. The molecule has 0 amide bonds. The SMILES string of the molecule is CCOC(=O)C(CC(=O)O)S(=O)(=O)O.[KH].[KH]. The Balaban J connectivity index is -0.000000845. The summed E-state index contributed by atoms with van der Waals surface area (Å²) in [5.74, 6) is -2.78. The van der Waals surface area contributed by atoms with Gasteiger partial charge in [-0.3, -0.25) is 14.1 Å². The van der Waals surface area contributed by atoms with Crippen molar-refractivity contribution in [2.45, 2.75) is 18.6 Å². The third kappa shape index (κ3) is 10.1. The van der Waals surface area contributed by atoms with Gasteiger partial charge >= 0.3 is 115 Å². The Kier molecular flexibility index (Phi) is 16.0. The average Bonchev–Trinajstić information content (AvgIpc) is 1.98. The fourth-order valence-corrected chi connectivity index (χ4v) is 1.37. The maximum atomic E-state index is 10.9. The maximum absolute atomic E-state index is 10.9. The number of hydrogen-bond donors (Lipinski definition) is 2. The number of rotatable bonds is 5. The van der Waals surface area contributed by atoms with Gasteiger partial charge in [0, 0.05) is 0 Å². The Bertz CT molecular complexity index is 326. The van der Waals surface area contributed by atoms with E-state index in [0.29, 0.717) is 0 Å². The van der Waals surface area contributed by atoms with Gasteiger partial charge in [0.15, 0.2) is 5.25 Å². The molecule has 0 rings (SSSR count). The predicted octanol–water partition coefficient (Wildman–Crippen LogP) is -2.02. The van der Waals surface area contributed by atoms with E-state index >= 15 is 0 Å². The minimum atomic E-state index is -4.74. The van der Waals surface area contributed by atoms with E-state index in [9.17, 15) is 18.0 Å². The first-order chi connectivity index (χ1) is 6.29. The van der Waals surface area contributed by atoms with Crippen molar-refractivity contribution in [3.63, 3.8) is 0 Å². The van der Waals surface area contributed by atoms with E-state index in [1.54, 1.807) is 0 Å². The molecular weight excluding hydrogens is 294 g/mol. The van der Waals surface area contributed by atoms with Crippen LogP contribution in [-0.4, -0.2) is 145 Å². The molecule has 0 heterocycles. The van der Waals surface area contributed by atoms with Gasteiger partial charge in [-0.15, -0.1) is 0 Å². The molecule has 2 N–H and O–H groups in total. The minimum absolute atomic E-state index is 0. The van der Waals surface area contributed by atoms with Crippen LogP contribution in [0.5, 0.6) is 0 Å². The quantitative estimate of drug-likeness (QED) is 0.342. The summed E-state index contributed by atoms with van der Waals surface area (Å²) in [6, 6.07) is 0. The van der Waals surface area contributed by atoms with E-state index in [4.69, 9.17) is 9.66 Å². The van der Waals surface area contributed by atoms with E-state index in [1.807, 2.05) is 0 Å². The molecule has 10 heteroatoms. The topological polar surface area (TPSA) is 118 Å². The molecule has 0 radical (unpaired) electrons. The van der Waals surface area contributed by atoms with E-state index in [0.717, 1.165) is 0 Å². The molecule has 1 atom stereocenters. The molecule has 0 spiro atoms. The first kappa shape index (κ1) is 23.2. The fraction of sp³-hybridized carbons (Fsp3) is 0.667. The third-order valence-electron chi connectivity index (χ3n) is 1.27. The molecule has 0 bridgehead atoms. The van der Waals surface area contributed by atoms with Crippen LogP contribution in [-0.2, 0) is 24.4 Å². The summed E-state index contributed by atoms with van der Waals surface area (Å²) in [7, 11) is -4.74. The Morgan fingerprint density at radius 2 is 1.75 bits per heavy atom. The summed E-state index contributed by atoms with van der Waals surface area (Å²) >= 11 is 0. The monoisotopic (exact) mass is 306 g/mol. The summed E-state index contributed by atoms with van der Waals surface area (Å²) < 4.78 is 34.0. The van der Waals surface area contributed by atoms with Crippen molar-refractivity contribution in [1.29, 1.82) is 0 Å². The van der Waals surface area contributed by atoms with Crippen molar-refractivity contribution in [3.8, 4) is 0 Å². The molecular formula is C6H12K2O7S. The molecule has 16 heavy (non-hydrogen) atoms. The zero-order chi connectivity index (χ0) is 11.4. The van der Waals surface area contributed by atoms with E-state index < -0.39 is 33.7 Å². The predicted molar refractivity (Wildman–Crippen MR) is 58.5 cm³/mol. The zero-order valence-corrected chi connectivity index (χ0v) is 8.15. The van der Waals surface area contributed by atoms with Gasteiger partial charge in [0.2, 0.25) is 0 Å². The van der Waals surface area contributed by atoms with E-state index in [-0.39, 0.29) is 109 Å². The van der Waals surface area contributed by atoms with Crippen LogP contribution in [0.4, 0.5) is 0 Å². The number of carbonyl (C=O) groups is 2. The number of hydrogen-bond acceptors (Lipinski definition) is 5. The molecule has 0 aliphatic rings. The molecule has 7 nitrogen and oxygen atoms in total. The summed E-state index contributed by atoms with van der Waals surface area (Å²) in [5.41, 5.74) is 0. The van der Waals surface area contributed by atoms with Crippen molar-refractivity contribution in [3.05, 3.63) is 0 Å². The van der Waals surface area contributed by atoms with E-state index in [2.05, 4.69) is 4.74 Å². The van der Waals surface area contributed by atoms with E-state index in [1.165, 1.54) is 6.92 Å². The molecule has 0 fully saturated rings. The molecule has 0 aromatic carbocycles. The van der Waals surface area contributed by atoms with Crippen LogP contribution in [0.25, 0.3) is 0 Å². The Labute approximate surface area is 178 Å². The Morgan fingerprint density at radius 1 is 1.31 bits per heavy atom. The van der Waals surface area contributed by atoms with Gasteiger partial charge in [0.25, 0.3) is 10.1 Å². The van der Waals surface area contributed by atoms with Gasteiger partial charge < -0.3 is 9.84 Å². The summed E-state index contributed by atoms with van der Waals surface area (Å²) in [6.45, 7) is 1.34. The van der Waals surface area contributed by atoms with Crippen molar-refractivity contribution in [1.82, 2.24) is 0 Å². The van der Waals surface area contributed by atoms with Crippen LogP contribution >= 0.6 is 0 Å². The first-order valence-corrected chi connectivity index (χ1v) is 5.14. The average molecular weight is 306 g/mol. The summed E-state index contributed by atoms with van der Waals surface area (Å²) in [6.07, 6.45) is -1.02. The first-order valence-electron chi connectivity index (χ1n) is 3.63. The number of carboxylic acids is 1. The molecule has 0 saturated carbocycles. The number of aliphatic carboxylic acids is 1. The Hall–Kier alpha value is 2.12. The van der Waals surface area contributed by atoms with Gasteiger partial charge in [0.05, 0.1) is 13.0 Å². The number of esters is 1. The summed E-state index contributed by atoms with van der Waals surface area (Å²) in [4.78, 5) is 21.1. The molecule has 0 aliphatic heterocycles. The Morgan fingerprint density at radius 3 is 2.00 bits per heavy atom. The van der Waals surface area contributed by atoms with Crippen LogP contribution < -0.4 is 0 Å². The van der Waals surface area contributed by atoms with Gasteiger partial charge in [-0.1, -0.05) is 0 Å². The van der Waals surface area contributed by atoms with Crippen molar-refractivity contribution in [2.75, 3.05) is 6.61 Å². The van der Waals surface area contributed by atoms with Crippen molar-refractivity contribution < 1.29 is 32.4 Å². The second kappa shape index (κ2) is 11.0. The van der Waals surface area contributed by atoms with Crippen LogP contribution in [0.3, 0.4) is 0 Å². The molecule has 0 aromatic rings.